The Labute approximate surface area is 158 Å². The number of ether oxygens (including phenoxy) is 1. The molecule has 1 atom stereocenters. The lowest BCUT2D eigenvalue weighted by molar-refractivity contribution is 0.0333. The molecule has 140 valence electrons. The molecule has 1 saturated heterocycles. The summed E-state index contributed by atoms with van der Waals surface area (Å²) in [6, 6.07) is 13.9. The highest BCUT2D eigenvalue weighted by atomic mass is 16.5. The summed E-state index contributed by atoms with van der Waals surface area (Å²) < 4.78 is 7.19. The van der Waals surface area contributed by atoms with Crippen molar-refractivity contribution < 1.29 is 9.53 Å². The first kappa shape index (κ1) is 17.6. The maximum Gasteiger partial charge on any atom is 0.253 e. The molecule has 0 spiro atoms. The predicted molar refractivity (Wildman–Crippen MR) is 102 cm³/mol. The number of nitrogens with one attached hydrogen (secondary N) is 1. The van der Waals surface area contributed by atoms with Gasteiger partial charge >= 0.3 is 0 Å². The Hall–Kier alpha value is -2.77. The first-order valence-corrected chi connectivity index (χ1v) is 9.22. The number of pyridine rings is 1. The minimum absolute atomic E-state index is 0.0228. The molecule has 3 heterocycles. The van der Waals surface area contributed by atoms with Crippen LogP contribution in [0.3, 0.4) is 0 Å². The monoisotopic (exact) mass is 365 g/mol. The van der Waals surface area contributed by atoms with Crippen LogP contribution in [0.15, 0.2) is 55.0 Å². The molecule has 0 aliphatic carbocycles. The lowest BCUT2D eigenvalue weighted by atomic mass is 10.0. The van der Waals surface area contributed by atoms with Crippen LogP contribution in [0.2, 0.25) is 0 Å². The van der Waals surface area contributed by atoms with Gasteiger partial charge in [-0.2, -0.15) is 0 Å². The second-order valence-electron chi connectivity index (χ2n) is 6.79. The minimum atomic E-state index is -0.0835. The van der Waals surface area contributed by atoms with E-state index < -0.39 is 0 Å². The van der Waals surface area contributed by atoms with Crippen molar-refractivity contribution in [2.45, 2.75) is 12.5 Å². The van der Waals surface area contributed by atoms with Crippen LogP contribution < -0.4 is 5.32 Å². The third-order valence-electron chi connectivity index (χ3n) is 4.80. The molecule has 0 radical (unpaired) electrons. The highest BCUT2D eigenvalue weighted by Gasteiger charge is 2.20. The van der Waals surface area contributed by atoms with E-state index in [4.69, 9.17) is 4.74 Å². The zero-order chi connectivity index (χ0) is 18.5. The van der Waals surface area contributed by atoms with Crippen LogP contribution >= 0.6 is 0 Å². The average Bonchev–Trinajstić information content (AvgIpc) is 3.17. The number of carbonyl (C=O) groups is 1. The van der Waals surface area contributed by atoms with E-state index in [1.54, 1.807) is 29.1 Å². The zero-order valence-corrected chi connectivity index (χ0v) is 15.1. The third-order valence-corrected chi connectivity index (χ3v) is 4.80. The van der Waals surface area contributed by atoms with Gasteiger partial charge in [-0.05, 0) is 24.1 Å². The van der Waals surface area contributed by atoms with Crippen molar-refractivity contribution in [2.75, 3.05) is 32.8 Å². The number of carbonyl (C=O) groups excluding carboxylic acids is 1. The summed E-state index contributed by atoms with van der Waals surface area (Å²) in [4.78, 5) is 15.2. The van der Waals surface area contributed by atoms with Crippen LogP contribution in [0.5, 0.6) is 0 Å². The second kappa shape index (κ2) is 8.28. The molecule has 1 N–H and O–H groups in total. The number of fused-ring (bicyclic) bond motifs is 1. The van der Waals surface area contributed by atoms with E-state index in [0.717, 1.165) is 44.9 Å². The number of hydrogen-bond donors (Lipinski definition) is 1. The van der Waals surface area contributed by atoms with E-state index >= 15 is 0 Å². The van der Waals surface area contributed by atoms with Gasteiger partial charge in [-0.1, -0.05) is 30.3 Å². The van der Waals surface area contributed by atoms with Crippen molar-refractivity contribution in [1.29, 1.82) is 0 Å². The average molecular weight is 365 g/mol. The van der Waals surface area contributed by atoms with E-state index in [2.05, 4.69) is 32.5 Å². The summed E-state index contributed by atoms with van der Waals surface area (Å²) in [5.74, 6) is -0.0835. The summed E-state index contributed by atoms with van der Waals surface area (Å²) in [7, 11) is 0. The van der Waals surface area contributed by atoms with Gasteiger partial charge in [0.05, 0.1) is 18.8 Å². The van der Waals surface area contributed by atoms with Crippen LogP contribution in [0.1, 0.15) is 15.9 Å². The molecule has 1 amide bonds. The molecular weight excluding hydrogens is 342 g/mol. The van der Waals surface area contributed by atoms with Crippen LogP contribution in [0, 0.1) is 0 Å². The van der Waals surface area contributed by atoms with Crippen molar-refractivity contribution in [3.8, 4) is 0 Å². The van der Waals surface area contributed by atoms with Gasteiger partial charge in [-0.15, -0.1) is 10.2 Å². The second-order valence-corrected chi connectivity index (χ2v) is 6.79. The van der Waals surface area contributed by atoms with E-state index in [0.29, 0.717) is 5.56 Å². The maximum atomic E-state index is 12.8. The molecule has 1 unspecified atom stereocenters. The van der Waals surface area contributed by atoms with Gasteiger partial charge in [-0.25, -0.2) is 0 Å². The van der Waals surface area contributed by atoms with Crippen LogP contribution in [0.25, 0.3) is 5.65 Å². The summed E-state index contributed by atoms with van der Waals surface area (Å²) in [6.07, 6.45) is 4.15. The zero-order valence-electron chi connectivity index (χ0n) is 15.1. The SMILES string of the molecule is O=C(NC(Cc1ccccc1)CN1CCOCC1)c1ccc2nncn2c1. The Morgan fingerprint density at radius 1 is 1.15 bits per heavy atom. The number of nitrogens with zero attached hydrogens (tertiary/aromatic N) is 4. The number of rotatable bonds is 6. The van der Waals surface area contributed by atoms with E-state index in [1.807, 2.05) is 18.2 Å². The number of aromatic nitrogens is 3. The lowest BCUT2D eigenvalue weighted by Crippen LogP contribution is -2.48. The van der Waals surface area contributed by atoms with Crippen LogP contribution in [-0.2, 0) is 11.2 Å². The van der Waals surface area contributed by atoms with Crippen LogP contribution in [-0.4, -0.2) is 64.3 Å². The van der Waals surface area contributed by atoms with Gasteiger partial charge in [0.15, 0.2) is 5.65 Å². The predicted octanol–water partition coefficient (Wildman–Crippen LogP) is 1.40. The molecule has 1 aromatic carbocycles. The number of benzene rings is 1. The van der Waals surface area contributed by atoms with Crippen molar-refractivity contribution in [1.82, 2.24) is 24.8 Å². The molecule has 7 nitrogen and oxygen atoms in total. The van der Waals surface area contributed by atoms with Crippen molar-refractivity contribution >= 4 is 11.6 Å². The van der Waals surface area contributed by atoms with Crippen molar-refractivity contribution in [2.24, 2.45) is 0 Å². The molecule has 2 aromatic heterocycles. The summed E-state index contributed by atoms with van der Waals surface area (Å²) in [6.45, 7) is 4.09. The third kappa shape index (κ3) is 4.50. The highest BCUT2D eigenvalue weighted by molar-refractivity contribution is 5.94. The number of hydrogen-bond acceptors (Lipinski definition) is 5. The molecular formula is C20H23N5O2. The van der Waals surface area contributed by atoms with E-state index in [-0.39, 0.29) is 11.9 Å². The largest absolute Gasteiger partial charge is 0.379 e. The first-order chi connectivity index (χ1) is 13.3. The first-order valence-electron chi connectivity index (χ1n) is 9.22. The van der Waals surface area contributed by atoms with Crippen molar-refractivity contribution in [3.05, 3.63) is 66.1 Å². The highest BCUT2D eigenvalue weighted by Crippen LogP contribution is 2.09. The van der Waals surface area contributed by atoms with Gasteiger partial charge in [0, 0.05) is 31.9 Å². The molecule has 1 aliphatic rings. The fourth-order valence-electron chi connectivity index (χ4n) is 3.39. The number of amides is 1. The van der Waals surface area contributed by atoms with Crippen LogP contribution in [0.4, 0.5) is 0 Å². The molecule has 0 saturated carbocycles. The molecule has 1 aliphatic heterocycles. The van der Waals surface area contributed by atoms with Crippen molar-refractivity contribution in [3.63, 3.8) is 0 Å². The van der Waals surface area contributed by atoms with E-state index in [1.165, 1.54) is 5.56 Å². The molecule has 3 aromatic rings. The molecule has 1 fully saturated rings. The maximum absolute atomic E-state index is 12.8. The van der Waals surface area contributed by atoms with Gasteiger partial charge in [-0.3, -0.25) is 14.1 Å². The summed E-state index contributed by atoms with van der Waals surface area (Å²) in [5.41, 5.74) is 2.54. The molecule has 0 bridgehead atoms. The normalized spacial score (nSPS) is 16.3. The van der Waals surface area contributed by atoms with E-state index in [9.17, 15) is 4.79 Å². The summed E-state index contributed by atoms with van der Waals surface area (Å²) in [5, 5.41) is 11.0. The Bertz CT molecular complexity index is 890. The quantitative estimate of drug-likeness (QED) is 0.715. The molecule has 7 heteroatoms. The lowest BCUT2D eigenvalue weighted by Gasteiger charge is -2.31. The Kier molecular flexibility index (Phi) is 5.41. The standard InChI is InChI=1S/C20H23N5O2/c26-20(17-6-7-19-23-21-15-25(19)13-17)22-18(12-16-4-2-1-3-5-16)14-24-8-10-27-11-9-24/h1-7,13,15,18H,8-12,14H2,(H,22,26). The van der Waals surface area contributed by atoms with Gasteiger partial charge in [0.25, 0.3) is 5.91 Å². The topological polar surface area (TPSA) is 71.8 Å². The van der Waals surface area contributed by atoms with Gasteiger partial charge in [0.1, 0.15) is 6.33 Å². The Morgan fingerprint density at radius 3 is 2.78 bits per heavy atom. The fourth-order valence-corrected chi connectivity index (χ4v) is 3.39. The minimum Gasteiger partial charge on any atom is -0.379 e. The Balaban J connectivity index is 1.48. The fraction of sp³-hybridized carbons (Fsp3) is 0.350. The molecule has 4 rings (SSSR count). The Morgan fingerprint density at radius 2 is 1.96 bits per heavy atom. The number of morpholine rings is 1. The smallest absolute Gasteiger partial charge is 0.253 e. The summed E-state index contributed by atoms with van der Waals surface area (Å²) >= 11 is 0. The molecule has 27 heavy (non-hydrogen) atoms. The van der Waals surface area contributed by atoms with Gasteiger partial charge in [0.2, 0.25) is 0 Å². The van der Waals surface area contributed by atoms with Gasteiger partial charge < -0.3 is 10.1 Å².